The van der Waals surface area contributed by atoms with E-state index in [0.29, 0.717) is 32.5 Å². The second-order valence-electron chi connectivity index (χ2n) is 7.13. The number of carbonyl (C=O) groups is 2. The Balaban J connectivity index is 0.00000225. The maximum Gasteiger partial charge on any atom is 0.227 e. The van der Waals surface area contributed by atoms with Crippen molar-refractivity contribution >= 4 is 29.9 Å². The van der Waals surface area contributed by atoms with Gasteiger partial charge in [-0.3, -0.25) is 9.59 Å². The topological polar surface area (TPSA) is 70.5 Å². The van der Waals surface area contributed by atoms with Crippen LogP contribution in [0.3, 0.4) is 0 Å². The molecule has 0 bridgehead atoms. The van der Waals surface area contributed by atoms with Crippen molar-refractivity contribution < 1.29 is 9.59 Å². The van der Waals surface area contributed by atoms with Gasteiger partial charge in [0.15, 0.2) is 0 Å². The van der Waals surface area contributed by atoms with E-state index < -0.39 is 0 Å². The van der Waals surface area contributed by atoms with Gasteiger partial charge in [0.25, 0.3) is 0 Å². The van der Waals surface area contributed by atoms with Crippen LogP contribution in [-0.4, -0.2) is 52.4 Å². The number of para-hydroxylation sites is 1. The van der Waals surface area contributed by atoms with Crippen molar-refractivity contribution in [3.63, 3.8) is 0 Å². The lowest BCUT2D eigenvalue weighted by Gasteiger charge is -2.36. The maximum atomic E-state index is 13.0. The summed E-state index contributed by atoms with van der Waals surface area (Å²) in [4.78, 5) is 33.5. The minimum atomic E-state index is -0.0735. The molecule has 1 fully saturated rings. The Hall–Kier alpha value is -2.38. The quantitative estimate of drug-likeness (QED) is 0.843. The number of nitrogens with zero attached hydrogens (tertiary/aromatic N) is 4. The van der Waals surface area contributed by atoms with Crippen molar-refractivity contribution in [2.24, 2.45) is 7.05 Å². The molecule has 0 saturated carbocycles. The van der Waals surface area contributed by atoms with Crippen LogP contribution in [0.2, 0.25) is 0 Å². The van der Waals surface area contributed by atoms with E-state index in [4.69, 9.17) is 0 Å². The summed E-state index contributed by atoms with van der Waals surface area (Å²) in [6.07, 6.45) is 5.26. The summed E-state index contributed by atoms with van der Waals surface area (Å²) in [7, 11) is 1.95. The van der Waals surface area contributed by atoms with Gasteiger partial charge in [0.1, 0.15) is 11.9 Å². The number of aryl methyl sites for hydroxylation is 2. The summed E-state index contributed by atoms with van der Waals surface area (Å²) in [6, 6.07) is 7.90. The van der Waals surface area contributed by atoms with Crippen molar-refractivity contribution in [2.75, 3.05) is 31.1 Å². The highest BCUT2D eigenvalue weighted by molar-refractivity contribution is 5.97. The molecule has 2 amide bonds. The smallest absolute Gasteiger partial charge is 0.227 e. The molecule has 28 heavy (non-hydrogen) atoms. The van der Waals surface area contributed by atoms with Crippen LogP contribution >= 0.6 is 12.4 Å². The number of carbonyl (C=O) groups excluding carboxylic acids is 2. The molecule has 3 heterocycles. The standard InChI is InChI=1S/C20H25N5O2.ClH/c1-23-12-10-22-20(23)17-14-21-9-13-25(17)19(27)8-11-24-16-5-3-2-4-15(16)6-7-18(24)26;/h2-5,10,12,17,21H,6-9,11,13-14H2,1H3;1H. The molecule has 2 aliphatic rings. The lowest BCUT2D eigenvalue weighted by Crippen LogP contribution is -2.50. The molecular formula is C20H26ClN5O2. The van der Waals surface area contributed by atoms with Gasteiger partial charge in [-0.25, -0.2) is 4.98 Å². The van der Waals surface area contributed by atoms with Gasteiger partial charge in [0, 0.05) is 64.1 Å². The van der Waals surface area contributed by atoms with E-state index in [1.165, 1.54) is 5.56 Å². The number of halogens is 1. The number of hydrogen-bond acceptors (Lipinski definition) is 4. The Morgan fingerprint density at radius 2 is 2.11 bits per heavy atom. The van der Waals surface area contributed by atoms with E-state index in [1.54, 1.807) is 11.1 Å². The molecular weight excluding hydrogens is 378 g/mol. The predicted molar refractivity (Wildman–Crippen MR) is 110 cm³/mol. The van der Waals surface area contributed by atoms with E-state index in [2.05, 4.69) is 16.4 Å². The molecule has 1 atom stereocenters. The third-order valence-corrected chi connectivity index (χ3v) is 5.46. The highest BCUT2D eigenvalue weighted by Gasteiger charge is 2.31. The number of fused-ring (bicyclic) bond motifs is 1. The summed E-state index contributed by atoms with van der Waals surface area (Å²) >= 11 is 0. The molecule has 0 radical (unpaired) electrons. The van der Waals surface area contributed by atoms with Crippen LogP contribution in [0.4, 0.5) is 5.69 Å². The minimum absolute atomic E-state index is 0. The number of rotatable bonds is 4. The van der Waals surface area contributed by atoms with Crippen LogP contribution in [0, 0.1) is 0 Å². The van der Waals surface area contributed by atoms with E-state index >= 15 is 0 Å². The van der Waals surface area contributed by atoms with Gasteiger partial charge >= 0.3 is 0 Å². The van der Waals surface area contributed by atoms with Crippen LogP contribution in [0.25, 0.3) is 0 Å². The Kier molecular flexibility index (Phi) is 6.36. The second kappa shape index (κ2) is 8.75. The average molecular weight is 404 g/mol. The number of nitrogens with one attached hydrogen (secondary N) is 1. The monoisotopic (exact) mass is 403 g/mol. The molecule has 1 saturated heterocycles. The number of benzene rings is 1. The molecule has 4 rings (SSSR count). The van der Waals surface area contributed by atoms with Gasteiger partial charge in [0.05, 0.1) is 0 Å². The Morgan fingerprint density at radius 1 is 1.29 bits per heavy atom. The summed E-state index contributed by atoms with van der Waals surface area (Å²) in [5, 5.41) is 3.35. The fraction of sp³-hybridized carbons (Fsp3) is 0.450. The van der Waals surface area contributed by atoms with E-state index in [1.807, 2.05) is 40.9 Å². The second-order valence-corrected chi connectivity index (χ2v) is 7.13. The molecule has 0 aliphatic carbocycles. The average Bonchev–Trinajstić information content (AvgIpc) is 3.12. The van der Waals surface area contributed by atoms with Crippen molar-refractivity contribution in [1.82, 2.24) is 19.8 Å². The van der Waals surface area contributed by atoms with Crippen LogP contribution in [0.15, 0.2) is 36.7 Å². The van der Waals surface area contributed by atoms with Crippen LogP contribution in [0.1, 0.15) is 30.3 Å². The number of anilines is 1. The predicted octanol–water partition coefficient (Wildman–Crippen LogP) is 1.68. The van der Waals surface area contributed by atoms with Crippen molar-refractivity contribution in [3.8, 4) is 0 Å². The largest absolute Gasteiger partial charge is 0.336 e. The summed E-state index contributed by atoms with van der Waals surface area (Å²) in [6.45, 7) is 2.55. The molecule has 1 unspecified atom stereocenters. The minimum Gasteiger partial charge on any atom is -0.336 e. The molecule has 2 aliphatic heterocycles. The number of aromatic nitrogens is 2. The zero-order valence-electron chi connectivity index (χ0n) is 16.0. The molecule has 2 aromatic rings. The van der Waals surface area contributed by atoms with Gasteiger partial charge in [-0.05, 0) is 18.1 Å². The van der Waals surface area contributed by atoms with Gasteiger partial charge in [-0.2, -0.15) is 0 Å². The summed E-state index contributed by atoms with van der Waals surface area (Å²) in [5.74, 6) is 1.05. The first-order valence-electron chi connectivity index (χ1n) is 9.51. The first kappa shape index (κ1) is 20.4. The third-order valence-electron chi connectivity index (χ3n) is 5.46. The summed E-state index contributed by atoms with van der Waals surface area (Å²) in [5.41, 5.74) is 2.13. The fourth-order valence-corrected chi connectivity index (χ4v) is 4.02. The molecule has 150 valence electrons. The lowest BCUT2D eigenvalue weighted by atomic mass is 10.0. The normalized spacial score (nSPS) is 19.2. The Bertz CT molecular complexity index is 853. The van der Waals surface area contributed by atoms with Gasteiger partial charge in [0.2, 0.25) is 11.8 Å². The number of imidazole rings is 1. The number of hydrogen-bond donors (Lipinski definition) is 1. The van der Waals surface area contributed by atoms with E-state index in [0.717, 1.165) is 24.5 Å². The Labute approximate surface area is 171 Å². The lowest BCUT2D eigenvalue weighted by molar-refractivity contribution is -0.134. The first-order valence-corrected chi connectivity index (χ1v) is 9.51. The summed E-state index contributed by atoms with van der Waals surface area (Å²) < 4.78 is 1.96. The molecule has 1 aromatic heterocycles. The molecule has 0 spiro atoms. The zero-order chi connectivity index (χ0) is 18.8. The number of amides is 2. The molecule has 1 aromatic carbocycles. The maximum absolute atomic E-state index is 13.0. The van der Waals surface area contributed by atoms with Crippen molar-refractivity contribution in [2.45, 2.75) is 25.3 Å². The van der Waals surface area contributed by atoms with Crippen molar-refractivity contribution in [3.05, 3.63) is 48.0 Å². The van der Waals surface area contributed by atoms with Gasteiger partial charge < -0.3 is 19.7 Å². The number of piperazine rings is 1. The molecule has 8 heteroatoms. The Morgan fingerprint density at radius 3 is 2.89 bits per heavy atom. The fourth-order valence-electron chi connectivity index (χ4n) is 4.02. The van der Waals surface area contributed by atoms with Gasteiger partial charge in [-0.15, -0.1) is 12.4 Å². The highest BCUT2D eigenvalue weighted by atomic mass is 35.5. The van der Waals surface area contributed by atoms with E-state index in [-0.39, 0.29) is 30.3 Å². The molecule has 7 nitrogen and oxygen atoms in total. The molecule has 1 N–H and O–H groups in total. The van der Waals surface area contributed by atoms with E-state index in [9.17, 15) is 9.59 Å². The van der Waals surface area contributed by atoms with Crippen LogP contribution < -0.4 is 10.2 Å². The third kappa shape index (κ3) is 3.91. The van der Waals surface area contributed by atoms with Crippen LogP contribution in [-0.2, 0) is 23.1 Å². The van der Waals surface area contributed by atoms with Crippen LogP contribution in [0.5, 0.6) is 0 Å². The highest BCUT2D eigenvalue weighted by Crippen LogP contribution is 2.28. The first-order chi connectivity index (χ1) is 13.1. The van der Waals surface area contributed by atoms with Crippen molar-refractivity contribution in [1.29, 1.82) is 0 Å². The zero-order valence-corrected chi connectivity index (χ0v) is 16.8. The van der Waals surface area contributed by atoms with Gasteiger partial charge in [-0.1, -0.05) is 18.2 Å². The SMILES string of the molecule is Cl.Cn1ccnc1C1CNCCN1C(=O)CCN1C(=O)CCc2ccccc21.